The molecular weight excluding hydrogens is 534 g/mol. The number of aryl methyl sites for hydroxylation is 1. The molecule has 0 heterocycles. The quantitative estimate of drug-likeness (QED) is 0.273. The van der Waals surface area contributed by atoms with Crippen molar-refractivity contribution in [3.05, 3.63) is 95.0 Å². The Labute approximate surface area is 236 Å². The van der Waals surface area contributed by atoms with Crippen molar-refractivity contribution in [3.8, 4) is 0 Å². The van der Waals surface area contributed by atoms with Crippen LogP contribution in [0.15, 0.2) is 83.8 Å². The largest absolute Gasteiger partial charge is 0.354 e. The maximum absolute atomic E-state index is 14.0. The van der Waals surface area contributed by atoms with E-state index in [1.807, 2.05) is 26.8 Å². The van der Waals surface area contributed by atoms with Crippen molar-refractivity contribution in [1.82, 2.24) is 10.2 Å². The third-order valence-electron chi connectivity index (χ3n) is 6.45. The lowest BCUT2D eigenvalue weighted by Gasteiger charge is -2.33. The van der Waals surface area contributed by atoms with Gasteiger partial charge in [-0.3, -0.25) is 13.9 Å². The van der Waals surface area contributed by atoms with Gasteiger partial charge < -0.3 is 10.2 Å². The summed E-state index contributed by atoms with van der Waals surface area (Å²) in [5.74, 6) is -0.786. The van der Waals surface area contributed by atoms with Crippen molar-refractivity contribution in [2.24, 2.45) is 0 Å². The highest BCUT2D eigenvalue weighted by Crippen LogP contribution is 2.26. The maximum Gasteiger partial charge on any atom is 0.264 e. The number of unbranched alkanes of at least 4 members (excludes halogenated alkanes) is 1. The molecule has 3 rings (SSSR count). The Balaban J connectivity index is 2.02. The van der Waals surface area contributed by atoms with Gasteiger partial charge in [0.2, 0.25) is 11.8 Å². The van der Waals surface area contributed by atoms with Crippen molar-refractivity contribution in [3.63, 3.8) is 0 Å². The number of carbonyl (C=O) groups is 2. The standard InChI is InChI=1S/C30H36ClN3O4S/c1-4-6-20-32-30(36)28(5-2)33(21-24-12-10-11-15-27(24)31)29(35)22-34(25-18-16-23(3)17-19-25)39(37,38)26-13-8-7-9-14-26/h7-19,28H,4-6,20-22H2,1-3H3,(H,32,36). The normalized spacial score (nSPS) is 12.0. The van der Waals surface area contributed by atoms with Crippen molar-refractivity contribution in [1.29, 1.82) is 0 Å². The van der Waals surface area contributed by atoms with Gasteiger partial charge in [-0.25, -0.2) is 8.42 Å². The topological polar surface area (TPSA) is 86.8 Å². The van der Waals surface area contributed by atoms with Gasteiger partial charge in [0, 0.05) is 18.1 Å². The number of amides is 2. The Hall–Kier alpha value is -3.36. The predicted molar refractivity (Wildman–Crippen MR) is 156 cm³/mol. The number of hydrogen-bond acceptors (Lipinski definition) is 4. The molecule has 208 valence electrons. The van der Waals surface area contributed by atoms with Crippen LogP contribution in [0, 0.1) is 6.92 Å². The van der Waals surface area contributed by atoms with Crippen molar-refractivity contribution >= 4 is 39.1 Å². The fourth-order valence-corrected chi connectivity index (χ4v) is 5.83. The molecule has 0 spiro atoms. The van der Waals surface area contributed by atoms with Crippen LogP contribution in [0.3, 0.4) is 0 Å². The Morgan fingerprint density at radius 3 is 2.18 bits per heavy atom. The van der Waals surface area contributed by atoms with Crippen molar-refractivity contribution < 1.29 is 18.0 Å². The number of nitrogens with one attached hydrogen (secondary N) is 1. The average Bonchev–Trinajstić information content (AvgIpc) is 2.93. The van der Waals surface area contributed by atoms with Crippen molar-refractivity contribution in [2.75, 3.05) is 17.4 Å². The molecule has 0 saturated carbocycles. The van der Waals surface area contributed by atoms with E-state index in [2.05, 4.69) is 5.32 Å². The maximum atomic E-state index is 14.0. The predicted octanol–water partition coefficient (Wildman–Crippen LogP) is 5.57. The summed E-state index contributed by atoms with van der Waals surface area (Å²) in [7, 11) is -4.09. The van der Waals surface area contributed by atoms with E-state index in [1.54, 1.807) is 60.7 Å². The van der Waals surface area contributed by atoms with Gasteiger partial charge >= 0.3 is 0 Å². The average molecular weight is 570 g/mol. The summed E-state index contributed by atoms with van der Waals surface area (Å²) in [6.45, 7) is 5.84. The summed E-state index contributed by atoms with van der Waals surface area (Å²) >= 11 is 6.43. The van der Waals surface area contributed by atoms with Crippen LogP contribution in [0.2, 0.25) is 5.02 Å². The molecule has 39 heavy (non-hydrogen) atoms. The monoisotopic (exact) mass is 569 g/mol. The molecule has 0 aliphatic rings. The number of nitrogens with zero attached hydrogens (tertiary/aromatic N) is 2. The second kappa shape index (κ2) is 14.1. The number of halogens is 1. The van der Waals surface area contributed by atoms with Crippen LogP contribution in [0.5, 0.6) is 0 Å². The molecule has 0 aliphatic heterocycles. The lowest BCUT2D eigenvalue weighted by atomic mass is 10.1. The minimum Gasteiger partial charge on any atom is -0.354 e. The molecule has 0 bridgehead atoms. The fraction of sp³-hybridized carbons (Fsp3) is 0.333. The van der Waals surface area contributed by atoms with Gasteiger partial charge in [-0.05, 0) is 55.7 Å². The molecule has 0 aliphatic carbocycles. The number of sulfonamides is 1. The van der Waals surface area contributed by atoms with Gasteiger partial charge in [0.25, 0.3) is 10.0 Å². The molecule has 0 fully saturated rings. The van der Waals surface area contributed by atoms with E-state index in [9.17, 15) is 18.0 Å². The lowest BCUT2D eigenvalue weighted by molar-refractivity contribution is -0.140. The molecule has 1 atom stereocenters. The summed E-state index contributed by atoms with van der Waals surface area (Å²) in [5.41, 5.74) is 1.98. The first-order valence-electron chi connectivity index (χ1n) is 13.1. The Kier molecular flexibility index (Phi) is 10.9. The van der Waals surface area contributed by atoms with Crippen LogP contribution < -0.4 is 9.62 Å². The number of hydrogen-bond donors (Lipinski definition) is 1. The third kappa shape index (κ3) is 7.83. The SMILES string of the molecule is CCCCNC(=O)C(CC)N(Cc1ccccc1Cl)C(=O)CN(c1ccc(C)cc1)S(=O)(=O)c1ccccc1. The zero-order valence-electron chi connectivity index (χ0n) is 22.6. The Morgan fingerprint density at radius 1 is 0.923 bits per heavy atom. The van der Waals surface area contributed by atoms with E-state index < -0.39 is 28.5 Å². The summed E-state index contributed by atoms with van der Waals surface area (Å²) in [4.78, 5) is 28.7. The summed E-state index contributed by atoms with van der Waals surface area (Å²) in [6, 6.07) is 21.3. The van der Waals surface area contributed by atoms with Gasteiger partial charge in [-0.2, -0.15) is 0 Å². The molecule has 2 amide bonds. The van der Waals surface area contributed by atoms with Crippen LogP contribution in [-0.2, 0) is 26.2 Å². The Bertz CT molecular complexity index is 1350. The van der Waals surface area contributed by atoms with E-state index >= 15 is 0 Å². The molecule has 3 aromatic carbocycles. The summed E-state index contributed by atoms with van der Waals surface area (Å²) < 4.78 is 28.7. The molecule has 0 saturated heterocycles. The first kappa shape index (κ1) is 30.2. The van der Waals surface area contributed by atoms with Gasteiger partial charge in [0.1, 0.15) is 12.6 Å². The molecule has 1 unspecified atom stereocenters. The molecule has 0 aromatic heterocycles. The van der Waals surface area contributed by atoms with Crippen LogP contribution in [0.25, 0.3) is 0 Å². The van der Waals surface area contributed by atoms with Crippen molar-refractivity contribution in [2.45, 2.75) is 57.5 Å². The highest BCUT2D eigenvalue weighted by Gasteiger charge is 2.33. The van der Waals surface area contributed by atoms with Gasteiger partial charge in [0.05, 0.1) is 10.6 Å². The zero-order chi connectivity index (χ0) is 28.4. The molecule has 0 radical (unpaired) electrons. The summed E-state index contributed by atoms with van der Waals surface area (Å²) in [6.07, 6.45) is 2.09. The molecule has 1 N–H and O–H groups in total. The first-order chi connectivity index (χ1) is 18.7. The van der Waals surface area contributed by atoms with Gasteiger partial charge in [0.15, 0.2) is 0 Å². The molecular formula is C30H36ClN3O4S. The highest BCUT2D eigenvalue weighted by molar-refractivity contribution is 7.92. The number of benzene rings is 3. The minimum absolute atomic E-state index is 0.0608. The van der Waals surface area contributed by atoms with Crippen LogP contribution >= 0.6 is 11.6 Å². The van der Waals surface area contributed by atoms with Crippen LogP contribution in [0.4, 0.5) is 5.69 Å². The number of rotatable bonds is 13. The first-order valence-corrected chi connectivity index (χ1v) is 15.0. The van der Waals surface area contributed by atoms with E-state index in [4.69, 9.17) is 11.6 Å². The third-order valence-corrected chi connectivity index (χ3v) is 8.60. The van der Waals surface area contributed by atoms with E-state index in [0.29, 0.717) is 29.2 Å². The second-order valence-electron chi connectivity index (χ2n) is 9.34. The van der Waals surface area contributed by atoms with Gasteiger partial charge in [-0.15, -0.1) is 0 Å². The van der Waals surface area contributed by atoms with E-state index in [-0.39, 0.29) is 17.3 Å². The van der Waals surface area contributed by atoms with E-state index in [0.717, 1.165) is 22.7 Å². The van der Waals surface area contributed by atoms with Crippen LogP contribution in [0.1, 0.15) is 44.2 Å². The fourth-order valence-electron chi connectivity index (χ4n) is 4.20. The summed E-state index contributed by atoms with van der Waals surface area (Å²) in [5, 5.41) is 3.38. The number of carbonyl (C=O) groups excluding carboxylic acids is 2. The van der Waals surface area contributed by atoms with E-state index in [1.165, 1.54) is 17.0 Å². The van der Waals surface area contributed by atoms with Gasteiger partial charge in [-0.1, -0.05) is 86.0 Å². The smallest absolute Gasteiger partial charge is 0.264 e. The molecule has 9 heteroatoms. The lowest BCUT2D eigenvalue weighted by Crippen LogP contribution is -2.52. The van der Waals surface area contributed by atoms with Crippen LogP contribution in [-0.4, -0.2) is 44.3 Å². The minimum atomic E-state index is -4.09. The number of anilines is 1. The molecule has 3 aromatic rings. The Morgan fingerprint density at radius 2 is 1.56 bits per heavy atom. The second-order valence-corrected chi connectivity index (χ2v) is 11.6. The molecule has 7 nitrogen and oxygen atoms in total. The zero-order valence-corrected chi connectivity index (χ0v) is 24.2. The highest BCUT2D eigenvalue weighted by atomic mass is 35.5.